The molecule has 0 N–H and O–H groups in total. The molecule has 6 aromatic rings. The van der Waals surface area contributed by atoms with Gasteiger partial charge in [0.1, 0.15) is 23.7 Å². The maximum atomic E-state index is 13.7. The lowest BCUT2D eigenvalue weighted by Gasteiger charge is -2.13. The van der Waals surface area contributed by atoms with E-state index in [0.717, 1.165) is 16.5 Å². The summed E-state index contributed by atoms with van der Waals surface area (Å²) in [5.41, 5.74) is 3.52. The van der Waals surface area contributed by atoms with E-state index < -0.39 is 0 Å². The van der Waals surface area contributed by atoms with Gasteiger partial charge in [-0.15, -0.1) is 0 Å². The lowest BCUT2D eigenvalue weighted by molar-refractivity contribution is 0.304. The summed E-state index contributed by atoms with van der Waals surface area (Å²) in [5, 5.41) is 6.25. The highest BCUT2D eigenvalue weighted by molar-refractivity contribution is 9.10. The number of ether oxygens (including phenoxy) is 2. The molecule has 0 spiro atoms. The monoisotopic (exact) mass is 627 g/mol. The van der Waals surface area contributed by atoms with Crippen molar-refractivity contribution in [2.45, 2.75) is 13.5 Å². The average Bonchev–Trinajstić information content (AvgIpc) is 3.40. The van der Waals surface area contributed by atoms with Crippen molar-refractivity contribution in [3.05, 3.63) is 121 Å². The Kier molecular flexibility index (Phi) is 7.34. The molecule has 0 radical (unpaired) electrons. The fraction of sp³-hybridized carbons (Fsp3) is 0.0938. The van der Waals surface area contributed by atoms with Crippen molar-refractivity contribution in [1.82, 2.24) is 9.66 Å². The van der Waals surface area contributed by atoms with Crippen LogP contribution in [0.1, 0.15) is 16.7 Å². The summed E-state index contributed by atoms with van der Waals surface area (Å²) >= 11 is 9.96. The maximum absolute atomic E-state index is 13.7. The molecular formula is C32H23BrClN3O4. The second-order valence-corrected chi connectivity index (χ2v) is 10.7. The highest BCUT2D eigenvalue weighted by Gasteiger charge is 2.18. The van der Waals surface area contributed by atoms with E-state index >= 15 is 0 Å². The van der Waals surface area contributed by atoms with Crippen LogP contribution in [-0.2, 0) is 6.61 Å². The number of nitrogens with zero attached hydrogens (tertiary/aromatic N) is 3. The maximum Gasteiger partial charge on any atom is 0.282 e. The molecule has 0 saturated heterocycles. The molecule has 0 atom stereocenters. The second kappa shape index (κ2) is 11.2. The van der Waals surface area contributed by atoms with Crippen LogP contribution in [0.25, 0.3) is 33.5 Å². The van der Waals surface area contributed by atoms with Crippen LogP contribution < -0.4 is 15.0 Å². The Morgan fingerprint density at radius 2 is 1.85 bits per heavy atom. The molecule has 0 saturated carbocycles. The Balaban J connectivity index is 1.47. The number of aryl methyl sites for hydroxylation is 1. The van der Waals surface area contributed by atoms with Gasteiger partial charge in [0.2, 0.25) is 5.82 Å². The average molecular weight is 629 g/mol. The van der Waals surface area contributed by atoms with Crippen LogP contribution in [0.2, 0.25) is 5.02 Å². The summed E-state index contributed by atoms with van der Waals surface area (Å²) in [7, 11) is 1.59. The molecule has 0 amide bonds. The topological polar surface area (TPSA) is 78.9 Å². The molecule has 9 heteroatoms. The molecular weight excluding hydrogens is 606 g/mol. The molecule has 0 bridgehead atoms. The summed E-state index contributed by atoms with van der Waals surface area (Å²) in [5.74, 6) is 1.80. The van der Waals surface area contributed by atoms with E-state index in [-0.39, 0.29) is 11.4 Å². The first-order valence-electron chi connectivity index (χ1n) is 12.7. The van der Waals surface area contributed by atoms with E-state index in [1.807, 2.05) is 49.4 Å². The number of benzene rings is 4. The zero-order chi connectivity index (χ0) is 28.5. The van der Waals surface area contributed by atoms with Gasteiger partial charge in [-0.1, -0.05) is 59.6 Å². The number of rotatable bonds is 7. The molecule has 41 heavy (non-hydrogen) atoms. The predicted molar refractivity (Wildman–Crippen MR) is 165 cm³/mol. The van der Waals surface area contributed by atoms with Crippen LogP contribution in [0.4, 0.5) is 0 Å². The van der Waals surface area contributed by atoms with Crippen molar-refractivity contribution < 1.29 is 13.9 Å². The Labute approximate surface area is 248 Å². The molecule has 7 nitrogen and oxygen atoms in total. The smallest absolute Gasteiger partial charge is 0.282 e. The Morgan fingerprint density at radius 3 is 2.68 bits per heavy atom. The molecule has 204 valence electrons. The standard InChI is InChI=1S/C32H23BrClN3O4/c1-19-7-5-8-20(13-19)18-40-30-21(14-22(34)15-25(30)33)17-35-37-31(36-26-10-4-3-9-23(26)32(37)38)29-16-24-27(39-2)11-6-12-28(24)41-29/h3-17H,18H2,1-2H3. The van der Waals surface area contributed by atoms with Gasteiger partial charge < -0.3 is 13.9 Å². The van der Waals surface area contributed by atoms with Crippen LogP contribution >= 0.6 is 27.5 Å². The summed E-state index contributed by atoms with van der Waals surface area (Å²) in [6.07, 6.45) is 1.53. The fourth-order valence-corrected chi connectivity index (χ4v) is 5.57. The highest BCUT2D eigenvalue weighted by atomic mass is 79.9. The third-order valence-electron chi connectivity index (χ3n) is 6.53. The zero-order valence-corrected chi connectivity index (χ0v) is 24.4. The summed E-state index contributed by atoms with van der Waals surface area (Å²) in [6, 6.07) is 26.0. The lowest BCUT2D eigenvalue weighted by atomic mass is 10.1. The Morgan fingerprint density at radius 1 is 1.02 bits per heavy atom. The van der Waals surface area contributed by atoms with E-state index in [1.54, 1.807) is 43.5 Å². The van der Waals surface area contributed by atoms with Gasteiger partial charge in [-0.3, -0.25) is 4.79 Å². The van der Waals surface area contributed by atoms with E-state index in [9.17, 15) is 4.79 Å². The van der Waals surface area contributed by atoms with Gasteiger partial charge in [0.05, 0.1) is 34.1 Å². The third kappa shape index (κ3) is 5.36. The second-order valence-electron chi connectivity index (χ2n) is 9.38. The molecule has 2 heterocycles. The molecule has 6 rings (SSSR count). The molecule has 0 aliphatic heterocycles. The van der Waals surface area contributed by atoms with Crippen molar-refractivity contribution in [2.24, 2.45) is 5.10 Å². The minimum atomic E-state index is -0.349. The highest BCUT2D eigenvalue weighted by Crippen LogP contribution is 2.34. The van der Waals surface area contributed by atoms with Crippen molar-refractivity contribution in [3.63, 3.8) is 0 Å². The van der Waals surface area contributed by atoms with Gasteiger partial charge in [-0.2, -0.15) is 9.78 Å². The zero-order valence-electron chi connectivity index (χ0n) is 22.1. The van der Waals surface area contributed by atoms with Crippen molar-refractivity contribution in [3.8, 4) is 23.1 Å². The van der Waals surface area contributed by atoms with Gasteiger partial charge in [-0.05, 0) is 70.9 Å². The van der Waals surface area contributed by atoms with Crippen LogP contribution in [-0.4, -0.2) is 23.0 Å². The minimum Gasteiger partial charge on any atom is -0.496 e. The number of hydrogen-bond acceptors (Lipinski definition) is 6. The molecule has 0 fully saturated rings. The number of halogens is 2. The Hall–Kier alpha value is -4.40. The molecule has 0 aliphatic rings. The van der Waals surface area contributed by atoms with Crippen LogP contribution in [0.3, 0.4) is 0 Å². The van der Waals surface area contributed by atoms with Crippen molar-refractivity contribution in [2.75, 3.05) is 7.11 Å². The van der Waals surface area contributed by atoms with Gasteiger partial charge in [-0.25, -0.2) is 4.98 Å². The number of para-hydroxylation sites is 1. The van der Waals surface area contributed by atoms with Crippen LogP contribution in [0.5, 0.6) is 11.5 Å². The van der Waals surface area contributed by atoms with E-state index in [1.165, 1.54) is 10.9 Å². The SMILES string of the molecule is COc1cccc2oc(-c3nc4ccccc4c(=O)n3N=Cc3cc(Cl)cc(Br)c3OCc3cccc(C)c3)cc12. The lowest BCUT2D eigenvalue weighted by Crippen LogP contribution is -2.20. The minimum absolute atomic E-state index is 0.242. The van der Waals surface area contributed by atoms with E-state index in [2.05, 4.69) is 27.1 Å². The molecule has 4 aromatic carbocycles. The number of aromatic nitrogens is 2. The van der Waals surface area contributed by atoms with Gasteiger partial charge in [0.15, 0.2) is 5.76 Å². The first kappa shape index (κ1) is 26.8. The van der Waals surface area contributed by atoms with Gasteiger partial charge in [0, 0.05) is 10.6 Å². The summed E-state index contributed by atoms with van der Waals surface area (Å²) < 4.78 is 19.7. The summed E-state index contributed by atoms with van der Waals surface area (Å²) in [6.45, 7) is 2.37. The fourth-order valence-electron chi connectivity index (χ4n) is 4.62. The van der Waals surface area contributed by atoms with Gasteiger partial charge >= 0.3 is 0 Å². The van der Waals surface area contributed by atoms with Crippen molar-refractivity contribution in [1.29, 1.82) is 0 Å². The summed E-state index contributed by atoms with van der Waals surface area (Å²) in [4.78, 5) is 18.5. The predicted octanol–water partition coefficient (Wildman–Crippen LogP) is 8.00. The number of fused-ring (bicyclic) bond motifs is 2. The molecule has 0 unspecified atom stereocenters. The van der Waals surface area contributed by atoms with Crippen molar-refractivity contribution >= 4 is 55.6 Å². The normalized spacial score (nSPS) is 11.5. The Bertz CT molecular complexity index is 2020. The third-order valence-corrected chi connectivity index (χ3v) is 7.34. The first-order chi connectivity index (χ1) is 19.9. The number of methoxy groups -OCH3 is 1. The van der Waals surface area contributed by atoms with Gasteiger partial charge in [0.25, 0.3) is 5.56 Å². The first-order valence-corrected chi connectivity index (χ1v) is 13.9. The molecule has 2 aromatic heterocycles. The number of furan rings is 1. The van der Waals surface area contributed by atoms with Crippen LogP contribution in [0, 0.1) is 6.92 Å². The van der Waals surface area contributed by atoms with Crippen LogP contribution in [0.15, 0.2) is 104 Å². The quantitative estimate of drug-likeness (QED) is 0.167. The largest absolute Gasteiger partial charge is 0.496 e. The van der Waals surface area contributed by atoms with E-state index in [4.69, 9.17) is 30.5 Å². The van der Waals surface area contributed by atoms with E-state index in [0.29, 0.717) is 55.4 Å². The molecule has 0 aliphatic carbocycles. The number of hydrogen-bond donors (Lipinski definition) is 0.